The van der Waals surface area contributed by atoms with Crippen molar-refractivity contribution in [3.8, 4) is 6.07 Å². The first-order valence-electron chi connectivity index (χ1n) is 6.26. The molecular formula is C15H17NO3. The molecule has 1 heterocycles. The summed E-state index contributed by atoms with van der Waals surface area (Å²) in [6.45, 7) is 4.34. The number of hydrogen-bond donors (Lipinski definition) is 1. The minimum atomic E-state index is -0.926. The average molecular weight is 259 g/mol. The van der Waals surface area contributed by atoms with Crippen LogP contribution in [0.2, 0.25) is 0 Å². The highest BCUT2D eigenvalue weighted by atomic mass is 16.5. The quantitative estimate of drug-likeness (QED) is 0.903. The molecule has 0 aromatic heterocycles. The summed E-state index contributed by atoms with van der Waals surface area (Å²) in [5.74, 6) is -0.862. The molecule has 1 aromatic rings. The second-order valence-electron chi connectivity index (χ2n) is 5.50. The standard InChI is InChI=1S/C15H17NO3/c1-14(2,13(17)18)11-3-5-12(6-4-11)15(9-16)7-8-19-10-15/h3-6H,7-8,10H2,1-2H3,(H,17,18). The molecule has 4 nitrogen and oxygen atoms in total. The van der Waals surface area contributed by atoms with Gasteiger partial charge in [0.05, 0.1) is 18.1 Å². The monoisotopic (exact) mass is 259 g/mol. The zero-order valence-electron chi connectivity index (χ0n) is 11.1. The maximum Gasteiger partial charge on any atom is 0.313 e. The number of hydrogen-bond acceptors (Lipinski definition) is 3. The Labute approximate surface area is 112 Å². The minimum Gasteiger partial charge on any atom is -0.481 e. The number of rotatable bonds is 3. The van der Waals surface area contributed by atoms with Crippen LogP contribution in [0.1, 0.15) is 31.4 Å². The van der Waals surface area contributed by atoms with Crippen molar-refractivity contribution >= 4 is 5.97 Å². The van der Waals surface area contributed by atoms with Gasteiger partial charge in [-0.25, -0.2) is 0 Å². The summed E-state index contributed by atoms with van der Waals surface area (Å²) in [7, 11) is 0. The summed E-state index contributed by atoms with van der Waals surface area (Å²) in [5.41, 5.74) is 0.129. The van der Waals surface area contributed by atoms with Crippen LogP contribution in [0.15, 0.2) is 24.3 Å². The van der Waals surface area contributed by atoms with Crippen LogP contribution in [-0.2, 0) is 20.4 Å². The van der Waals surface area contributed by atoms with Crippen LogP contribution in [-0.4, -0.2) is 24.3 Å². The second kappa shape index (κ2) is 4.67. The zero-order valence-corrected chi connectivity index (χ0v) is 11.1. The molecule has 1 atom stereocenters. The Bertz CT molecular complexity index is 519. The summed E-state index contributed by atoms with van der Waals surface area (Å²) in [5, 5.41) is 18.6. The van der Waals surface area contributed by atoms with Crippen LogP contribution in [0.4, 0.5) is 0 Å². The Morgan fingerprint density at radius 3 is 2.47 bits per heavy atom. The summed E-state index contributed by atoms with van der Waals surface area (Å²) < 4.78 is 5.32. The molecular weight excluding hydrogens is 242 g/mol. The van der Waals surface area contributed by atoms with Gasteiger partial charge in [-0.05, 0) is 31.4 Å². The van der Waals surface area contributed by atoms with Gasteiger partial charge in [0.15, 0.2) is 0 Å². The maximum absolute atomic E-state index is 11.2. The van der Waals surface area contributed by atoms with Gasteiger partial charge in [-0.2, -0.15) is 5.26 Å². The molecule has 1 aliphatic heterocycles. The number of aliphatic carboxylic acids is 1. The van der Waals surface area contributed by atoms with E-state index in [1.54, 1.807) is 26.0 Å². The predicted molar refractivity (Wildman–Crippen MR) is 69.8 cm³/mol. The third-order valence-corrected chi connectivity index (χ3v) is 3.93. The Morgan fingerprint density at radius 1 is 1.42 bits per heavy atom. The van der Waals surface area contributed by atoms with E-state index in [9.17, 15) is 15.2 Å². The lowest BCUT2D eigenvalue weighted by atomic mass is 9.78. The lowest BCUT2D eigenvalue weighted by molar-refractivity contribution is -0.142. The van der Waals surface area contributed by atoms with Gasteiger partial charge in [-0.1, -0.05) is 24.3 Å². The predicted octanol–water partition coefficient (Wildman–Crippen LogP) is 2.23. The molecule has 1 N–H and O–H groups in total. The van der Waals surface area contributed by atoms with Crippen molar-refractivity contribution < 1.29 is 14.6 Å². The van der Waals surface area contributed by atoms with Crippen LogP contribution < -0.4 is 0 Å². The van der Waals surface area contributed by atoms with Crippen molar-refractivity contribution in [2.75, 3.05) is 13.2 Å². The number of ether oxygens (including phenoxy) is 1. The van der Waals surface area contributed by atoms with Gasteiger partial charge in [0.2, 0.25) is 0 Å². The summed E-state index contributed by atoms with van der Waals surface area (Å²) >= 11 is 0. The smallest absolute Gasteiger partial charge is 0.313 e. The first-order chi connectivity index (χ1) is 8.92. The number of carboxylic acids is 1. The van der Waals surface area contributed by atoms with Gasteiger partial charge in [0.25, 0.3) is 0 Å². The molecule has 0 radical (unpaired) electrons. The van der Waals surface area contributed by atoms with E-state index in [1.165, 1.54) is 0 Å². The van der Waals surface area contributed by atoms with Crippen LogP contribution in [0.5, 0.6) is 0 Å². The minimum absolute atomic E-state index is 0.408. The fourth-order valence-corrected chi connectivity index (χ4v) is 2.27. The molecule has 2 rings (SSSR count). The topological polar surface area (TPSA) is 70.3 Å². The molecule has 1 saturated heterocycles. The summed E-state index contributed by atoms with van der Waals surface area (Å²) in [6, 6.07) is 9.61. The van der Waals surface area contributed by atoms with E-state index >= 15 is 0 Å². The van der Waals surface area contributed by atoms with Crippen LogP contribution in [0.25, 0.3) is 0 Å². The number of nitriles is 1. The number of benzene rings is 1. The van der Waals surface area contributed by atoms with Gasteiger partial charge in [0, 0.05) is 6.61 Å². The molecule has 0 spiro atoms. The van der Waals surface area contributed by atoms with E-state index in [-0.39, 0.29) is 0 Å². The summed E-state index contributed by atoms with van der Waals surface area (Å²) in [4.78, 5) is 11.2. The fraction of sp³-hybridized carbons (Fsp3) is 0.467. The van der Waals surface area contributed by atoms with E-state index in [0.717, 1.165) is 11.1 Å². The van der Waals surface area contributed by atoms with Crippen LogP contribution >= 0.6 is 0 Å². The van der Waals surface area contributed by atoms with E-state index in [2.05, 4.69) is 6.07 Å². The lowest BCUT2D eigenvalue weighted by Gasteiger charge is -2.23. The van der Waals surface area contributed by atoms with Crippen LogP contribution in [0, 0.1) is 11.3 Å². The molecule has 19 heavy (non-hydrogen) atoms. The summed E-state index contributed by atoms with van der Waals surface area (Å²) in [6.07, 6.45) is 0.686. The highest BCUT2D eigenvalue weighted by Gasteiger charge is 2.37. The van der Waals surface area contributed by atoms with Crippen molar-refractivity contribution in [3.05, 3.63) is 35.4 Å². The Kier molecular flexibility index (Phi) is 3.34. The van der Waals surface area contributed by atoms with Gasteiger partial charge < -0.3 is 9.84 Å². The highest BCUT2D eigenvalue weighted by Crippen LogP contribution is 2.34. The van der Waals surface area contributed by atoms with Crippen molar-refractivity contribution in [3.63, 3.8) is 0 Å². The van der Waals surface area contributed by atoms with Crippen molar-refractivity contribution in [1.82, 2.24) is 0 Å². The van der Waals surface area contributed by atoms with Crippen molar-refractivity contribution in [1.29, 1.82) is 5.26 Å². The molecule has 0 aliphatic carbocycles. The molecule has 1 unspecified atom stereocenters. The fourth-order valence-electron chi connectivity index (χ4n) is 2.27. The van der Waals surface area contributed by atoms with E-state index in [1.807, 2.05) is 12.1 Å². The molecule has 4 heteroatoms. The van der Waals surface area contributed by atoms with E-state index in [0.29, 0.717) is 19.6 Å². The molecule has 0 bridgehead atoms. The molecule has 1 fully saturated rings. The highest BCUT2D eigenvalue weighted by molar-refractivity contribution is 5.80. The van der Waals surface area contributed by atoms with E-state index in [4.69, 9.17) is 4.74 Å². The Balaban J connectivity index is 2.34. The van der Waals surface area contributed by atoms with Crippen LogP contribution in [0.3, 0.4) is 0 Å². The third-order valence-electron chi connectivity index (χ3n) is 3.93. The maximum atomic E-state index is 11.2. The Hall–Kier alpha value is -1.86. The molecule has 1 aliphatic rings. The normalized spacial score (nSPS) is 23.0. The first kappa shape index (κ1) is 13.6. The molecule has 0 saturated carbocycles. The lowest BCUT2D eigenvalue weighted by Crippen LogP contribution is -2.29. The van der Waals surface area contributed by atoms with Gasteiger partial charge in [-0.3, -0.25) is 4.79 Å². The van der Waals surface area contributed by atoms with Crippen molar-refractivity contribution in [2.24, 2.45) is 0 Å². The van der Waals surface area contributed by atoms with Gasteiger partial charge in [-0.15, -0.1) is 0 Å². The first-order valence-corrected chi connectivity index (χ1v) is 6.26. The largest absolute Gasteiger partial charge is 0.481 e. The van der Waals surface area contributed by atoms with Gasteiger partial charge >= 0.3 is 5.97 Å². The molecule has 0 amide bonds. The van der Waals surface area contributed by atoms with E-state index < -0.39 is 16.8 Å². The third kappa shape index (κ3) is 2.22. The Morgan fingerprint density at radius 2 is 2.05 bits per heavy atom. The second-order valence-corrected chi connectivity index (χ2v) is 5.50. The van der Waals surface area contributed by atoms with Gasteiger partial charge in [0.1, 0.15) is 5.41 Å². The average Bonchev–Trinajstić information content (AvgIpc) is 2.88. The molecule has 100 valence electrons. The number of nitrogens with zero attached hydrogens (tertiary/aromatic N) is 1. The number of carbonyl (C=O) groups is 1. The van der Waals surface area contributed by atoms with Crippen molar-refractivity contribution in [2.45, 2.75) is 31.1 Å². The SMILES string of the molecule is CC(C)(C(=O)O)c1ccc(C2(C#N)CCOC2)cc1. The molecule has 1 aromatic carbocycles. The number of carboxylic acid groups (broad SMARTS) is 1. The zero-order chi connectivity index (χ0) is 14.1.